The molecule has 1 aliphatic heterocycles. The number of aromatic nitrogens is 1. The molecular weight excluding hydrogens is 394 g/mol. The summed E-state index contributed by atoms with van der Waals surface area (Å²) in [6.07, 6.45) is 1.88. The van der Waals surface area contributed by atoms with E-state index in [9.17, 15) is 8.42 Å². The van der Waals surface area contributed by atoms with E-state index < -0.39 is 10.0 Å². The summed E-state index contributed by atoms with van der Waals surface area (Å²) in [5, 5.41) is 6.42. The van der Waals surface area contributed by atoms with Crippen LogP contribution < -0.4 is 5.32 Å². The van der Waals surface area contributed by atoms with Gasteiger partial charge in [0.05, 0.1) is 22.1 Å². The van der Waals surface area contributed by atoms with Crippen LogP contribution in [-0.4, -0.2) is 55.8 Å². The normalized spacial score (nSPS) is 15.8. The van der Waals surface area contributed by atoms with Gasteiger partial charge in [0.25, 0.3) is 0 Å². The minimum absolute atomic E-state index is 0.360. The first-order valence-corrected chi connectivity index (χ1v) is 11.6. The largest absolute Gasteiger partial charge is 0.352 e. The number of hydrogen-bond acceptors (Lipinski definition) is 5. The summed E-state index contributed by atoms with van der Waals surface area (Å²) in [5.74, 6) is 0.763. The summed E-state index contributed by atoms with van der Waals surface area (Å²) in [5.41, 5.74) is 2.02. The van der Waals surface area contributed by atoms with Crippen LogP contribution in [0.2, 0.25) is 0 Å². The van der Waals surface area contributed by atoms with Gasteiger partial charge in [-0.25, -0.2) is 13.4 Å². The van der Waals surface area contributed by atoms with Crippen LogP contribution in [0.5, 0.6) is 0 Å². The predicted octanol–water partition coefficient (Wildman–Crippen LogP) is 2.44. The van der Waals surface area contributed by atoms with Crippen LogP contribution in [0.3, 0.4) is 0 Å². The van der Waals surface area contributed by atoms with E-state index in [1.165, 1.54) is 0 Å². The highest BCUT2D eigenvalue weighted by Crippen LogP contribution is 2.21. The van der Waals surface area contributed by atoms with Gasteiger partial charge in [-0.2, -0.15) is 4.31 Å². The Labute approximate surface area is 171 Å². The Hall–Kier alpha value is -1.97. The third-order valence-corrected chi connectivity index (χ3v) is 7.45. The van der Waals surface area contributed by atoms with Gasteiger partial charge in [0.2, 0.25) is 10.0 Å². The first-order chi connectivity index (χ1) is 13.4. The third kappa shape index (κ3) is 4.89. The summed E-state index contributed by atoms with van der Waals surface area (Å²) >= 11 is 1.64. The smallest absolute Gasteiger partial charge is 0.243 e. The van der Waals surface area contributed by atoms with E-state index in [1.807, 2.05) is 31.0 Å². The summed E-state index contributed by atoms with van der Waals surface area (Å²) in [7, 11) is 0.352. The molecule has 2 heterocycles. The maximum Gasteiger partial charge on any atom is 0.243 e. The number of rotatable bonds is 6. The summed E-state index contributed by atoms with van der Waals surface area (Å²) < 4.78 is 26.8. The van der Waals surface area contributed by atoms with Crippen molar-refractivity contribution in [1.82, 2.24) is 19.5 Å². The van der Waals surface area contributed by atoms with Gasteiger partial charge in [0, 0.05) is 39.1 Å². The SMILES string of the molecule is CN=C(NCc1ccc(S(=O)(=O)N2CCCC2)cc1)N(C)Cc1csc(C)n1. The zero-order valence-electron chi connectivity index (χ0n) is 16.6. The van der Waals surface area contributed by atoms with Crippen molar-refractivity contribution in [2.75, 3.05) is 27.2 Å². The van der Waals surface area contributed by atoms with Gasteiger partial charge in [0.15, 0.2) is 5.96 Å². The molecule has 1 aromatic heterocycles. The van der Waals surface area contributed by atoms with Crippen LogP contribution >= 0.6 is 11.3 Å². The Morgan fingerprint density at radius 1 is 1.29 bits per heavy atom. The van der Waals surface area contributed by atoms with Crippen molar-refractivity contribution >= 4 is 27.3 Å². The zero-order chi connectivity index (χ0) is 20.1. The number of aliphatic imine (C=N–C) groups is 1. The Kier molecular flexibility index (Phi) is 6.69. The van der Waals surface area contributed by atoms with E-state index in [0.717, 1.165) is 35.1 Å². The lowest BCUT2D eigenvalue weighted by Gasteiger charge is -2.21. The highest BCUT2D eigenvalue weighted by molar-refractivity contribution is 7.89. The van der Waals surface area contributed by atoms with E-state index in [1.54, 1.807) is 34.8 Å². The molecular formula is C19H27N5O2S2. The Morgan fingerprint density at radius 3 is 2.54 bits per heavy atom. The molecule has 1 aromatic carbocycles. The molecule has 3 rings (SSSR count). The number of sulfonamides is 1. The van der Waals surface area contributed by atoms with E-state index in [2.05, 4.69) is 20.7 Å². The highest BCUT2D eigenvalue weighted by Gasteiger charge is 2.26. The standard InChI is InChI=1S/C19H27N5O2S2/c1-15-22-17(14-27-15)13-23(3)19(20-2)21-12-16-6-8-18(9-7-16)28(25,26)24-10-4-5-11-24/h6-9,14H,4-5,10-13H2,1-3H3,(H,20,21). The number of nitrogens with one attached hydrogen (secondary N) is 1. The van der Waals surface area contributed by atoms with E-state index in [-0.39, 0.29) is 0 Å². The molecule has 1 aliphatic rings. The maximum absolute atomic E-state index is 12.6. The van der Waals surface area contributed by atoms with Crippen LogP contribution in [0.25, 0.3) is 0 Å². The van der Waals surface area contributed by atoms with Crippen LogP contribution in [0.15, 0.2) is 39.5 Å². The summed E-state index contributed by atoms with van der Waals surface area (Å²) in [4.78, 5) is 11.2. The topological polar surface area (TPSA) is 77.9 Å². The molecule has 0 radical (unpaired) electrons. The van der Waals surface area contributed by atoms with Gasteiger partial charge in [0.1, 0.15) is 0 Å². The second-order valence-corrected chi connectivity index (χ2v) is 9.87. The molecule has 9 heteroatoms. The lowest BCUT2D eigenvalue weighted by Crippen LogP contribution is -2.38. The number of aryl methyl sites for hydroxylation is 1. The van der Waals surface area contributed by atoms with Gasteiger partial charge in [-0.3, -0.25) is 4.99 Å². The van der Waals surface area contributed by atoms with Crippen LogP contribution in [0.1, 0.15) is 29.1 Å². The van der Waals surface area contributed by atoms with E-state index >= 15 is 0 Å². The van der Waals surface area contributed by atoms with Crippen molar-refractivity contribution in [3.8, 4) is 0 Å². The molecule has 2 aromatic rings. The van der Waals surface area contributed by atoms with Gasteiger partial charge in [-0.1, -0.05) is 12.1 Å². The summed E-state index contributed by atoms with van der Waals surface area (Å²) in [6.45, 7) is 4.47. The average molecular weight is 422 g/mol. The Morgan fingerprint density at radius 2 is 1.96 bits per heavy atom. The fourth-order valence-electron chi connectivity index (χ4n) is 3.22. The van der Waals surface area contributed by atoms with Crippen molar-refractivity contribution < 1.29 is 8.42 Å². The molecule has 0 unspecified atom stereocenters. The molecule has 28 heavy (non-hydrogen) atoms. The molecule has 0 aliphatic carbocycles. The monoisotopic (exact) mass is 421 g/mol. The molecule has 0 saturated carbocycles. The lowest BCUT2D eigenvalue weighted by molar-refractivity contribution is 0.470. The first-order valence-electron chi connectivity index (χ1n) is 9.32. The molecule has 0 spiro atoms. The fourth-order valence-corrected chi connectivity index (χ4v) is 5.34. The molecule has 1 N–H and O–H groups in total. The van der Waals surface area contributed by atoms with Gasteiger partial charge in [-0.05, 0) is 37.5 Å². The first kappa shape index (κ1) is 20.8. The molecule has 0 bridgehead atoms. The third-order valence-electron chi connectivity index (χ3n) is 4.72. The molecule has 0 amide bonds. The van der Waals surface area contributed by atoms with Crippen molar-refractivity contribution in [2.24, 2.45) is 4.99 Å². The minimum atomic E-state index is -3.36. The molecule has 0 atom stereocenters. The van der Waals surface area contributed by atoms with E-state index in [4.69, 9.17) is 0 Å². The minimum Gasteiger partial charge on any atom is -0.352 e. The maximum atomic E-state index is 12.6. The van der Waals surface area contributed by atoms with Crippen molar-refractivity contribution in [1.29, 1.82) is 0 Å². The number of hydrogen-bond donors (Lipinski definition) is 1. The number of nitrogens with zero attached hydrogens (tertiary/aromatic N) is 4. The molecule has 1 fully saturated rings. The molecule has 7 nitrogen and oxygen atoms in total. The van der Waals surface area contributed by atoms with Crippen molar-refractivity contribution in [3.63, 3.8) is 0 Å². The Bertz CT molecular complexity index is 916. The van der Waals surface area contributed by atoms with Gasteiger partial charge < -0.3 is 10.2 Å². The fraction of sp³-hybridized carbons (Fsp3) is 0.474. The molecule has 152 valence electrons. The van der Waals surface area contributed by atoms with Crippen molar-refractivity contribution in [2.45, 2.75) is 37.8 Å². The Balaban J connectivity index is 1.58. The molecule has 1 saturated heterocycles. The predicted molar refractivity (Wildman–Crippen MR) is 113 cm³/mol. The quantitative estimate of drug-likeness (QED) is 0.573. The van der Waals surface area contributed by atoms with Gasteiger partial charge >= 0.3 is 0 Å². The number of guanidine groups is 1. The highest BCUT2D eigenvalue weighted by atomic mass is 32.2. The van der Waals surface area contributed by atoms with Crippen LogP contribution in [0, 0.1) is 6.92 Å². The second-order valence-electron chi connectivity index (χ2n) is 6.87. The number of thiazole rings is 1. The van der Waals surface area contributed by atoms with Crippen LogP contribution in [-0.2, 0) is 23.1 Å². The summed E-state index contributed by atoms with van der Waals surface area (Å²) in [6, 6.07) is 7.09. The van der Waals surface area contributed by atoms with E-state index in [0.29, 0.717) is 31.1 Å². The second kappa shape index (κ2) is 9.02. The average Bonchev–Trinajstić information content (AvgIpc) is 3.35. The number of benzene rings is 1. The van der Waals surface area contributed by atoms with Gasteiger partial charge in [-0.15, -0.1) is 11.3 Å². The van der Waals surface area contributed by atoms with Crippen molar-refractivity contribution in [3.05, 3.63) is 45.9 Å². The zero-order valence-corrected chi connectivity index (χ0v) is 18.2. The van der Waals surface area contributed by atoms with Crippen LogP contribution in [0.4, 0.5) is 0 Å². The lowest BCUT2D eigenvalue weighted by atomic mass is 10.2.